The summed E-state index contributed by atoms with van der Waals surface area (Å²) >= 11 is 0. The average Bonchev–Trinajstić information content (AvgIpc) is 3.37. The Morgan fingerprint density at radius 2 is 1.89 bits per heavy atom. The quantitative estimate of drug-likeness (QED) is 0.325. The van der Waals surface area contributed by atoms with E-state index in [1.807, 2.05) is 13.8 Å². The van der Waals surface area contributed by atoms with Crippen LogP contribution in [0.5, 0.6) is 0 Å². The molecule has 0 saturated heterocycles. The fraction of sp³-hybridized carbons (Fsp3) is 0.812. The number of aliphatic hydroxyl groups is 2. The molecule has 2 fully saturated rings. The molecule has 36 heavy (non-hydrogen) atoms. The van der Waals surface area contributed by atoms with Crippen LogP contribution in [0.4, 0.5) is 4.39 Å². The largest absolute Gasteiger partial charge is 0.494 e. The third kappa shape index (κ3) is 5.65. The normalized spacial score (nSPS) is 40.4. The van der Waals surface area contributed by atoms with Gasteiger partial charge in [0.15, 0.2) is 0 Å². The van der Waals surface area contributed by atoms with E-state index in [0.29, 0.717) is 55.1 Å². The van der Waals surface area contributed by atoms with Gasteiger partial charge in [0.1, 0.15) is 12.4 Å². The van der Waals surface area contributed by atoms with E-state index in [9.17, 15) is 14.6 Å². The molecule has 2 N–H and O–H groups in total. The van der Waals surface area contributed by atoms with E-state index in [1.165, 1.54) is 6.42 Å². The second kappa shape index (κ2) is 10.6. The molecule has 9 atom stereocenters. The predicted molar refractivity (Wildman–Crippen MR) is 143 cm³/mol. The van der Waals surface area contributed by atoms with Crippen LogP contribution in [0, 0.1) is 53.3 Å². The molecule has 5 aliphatic rings. The average molecular weight is 501 g/mol. The highest BCUT2D eigenvalue weighted by atomic mass is 19.1. The second-order valence-corrected chi connectivity index (χ2v) is 13.8. The molecule has 4 heteroatoms. The van der Waals surface area contributed by atoms with Crippen LogP contribution in [-0.4, -0.2) is 29.0 Å². The highest BCUT2D eigenvalue weighted by Gasteiger charge is 2.61. The molecule has 202 valence electrons. The number of rotatable bonds is 9. The lowest BCUT2D eigenvalue weighted by Gasteiger charge is -2.41. The monoisotopic (exact) mass is 500 g/mol. The fourth-order valence-corrected chi connectivity index (χ4v) is 8.96. The van der Waals surface area contributed by atoms with Crippen molar-refractivity contribution in [1.29, 1.82) is 0 Å². The summed E-state index contributed by atoms with van der Waals surface area (Å²) in [6.45, 7) is 9.32. The molecule has 3 nitrogen and oxygen atoms in total. The van der Waals surface area contributed by atoms with E-state index in [0.717, 1.165) is 80.5 Å². The van der Waals surface area contributed by atoms with Crippen LogP contribution in [0.15, 0.2) is 34.9 Å². The first-order valence-corrected chi connectivity index (χ1v) is 14.9. The fourth-order valence-electron chi connectivity index (χ4n) is 8.96. The predicted octanol–water partition coefficient (Wildman–Crippen LogP) is 7.35. The highest BCUT2D eigenvalue weighted by molar-refractivity contribution is 5.19. The number of fused-ring (bicyclic) bond motifs is 3. The summed E-state index contributed by atoms with van der Waals surface area (Å²) in [5.41, 5.74) is 1.87. The molecule has 5 aliphatic carbocycles. The number of aliphatic hydroxyl groups excluding tert-OH is 1. The summed E-state index contributed by atoms with van der Waals surface area (Å²) in [5, 5.41) is 19.6. The Kier molecular flexibility index (Phi) is 7.77. The van der Waals surface area contributed by atoms with E-state index < -0.39 is 5.60 Å². The Bertz CT molecular complexity index is 896. The Balaban J connectivity index is 1.13. The van der Waals surface area contributed by atoms with Gasteiger partial charge in [-0.3, -0.25) is 0 Å². The summed E-state index contributed by atoms with van der Waals surface area (Å²) in [4.78, 5) is 0. The Morgan fingerprint density at radius 1 is 1.08 bits per heavy atom. The molecule has 0 aliphatic heterocycles. The minimum atomic E-state index is -0.582. The number of ether oxygens (including phenoxy) is 1. The van der Waals surface area contributed by atoms with Gasteiger partial charge >= 0.3 is 0 Å². The van der Waals surface area contributed by atoms with Crippen molar-refractivity contribution in [1.82, 2.24) is 0 Å². The summed E-state index contributed by atoms with van der Waals surface area (Å²) < 4.78 is 21.2. The zero-order valence-corrected chi connectivity index (χ0v) is 23.0. The summed E-state index contributed by atoms with van der Waals surface area (Å²) in [6.07, 6.45) is 14.6. The highest BCUT2D eigenvalue weighted by Crippen LogP contribution is 2.65. The van der Waals surface area contributed by atoms with E-state index in [2.05, 4.69) is 26.0 Å². The molecule has 0 aromatic heterocycles. The standard InChI is InChI=1S/C32H49FO3/c1-19-12-21(6-5-11-32(3,4)35)13-20(2)30(19)22-7-10-29(33)24(14-22)18-36-25-8-9-26-23(15-25)16-27-28(17-34)31(26)27/h8,12,19-20,22-23,26-28,30-31,34-35H,5-7,9-11,13-18H2,1-4H3/t19-,20+,22+,23+,26+,27+,28+,30?,31+/m1/s1. The van der Waals surface area contributed by atoms with Crippen LogP contribution in [-0.2, 0) is 4.74 Å². The van der Waals surface area contributed by atoms with Crippen molar-refractivity contribution < 1.29 is 19.3 Å². The Hall–Kier alpha value is -1.13. The lowest BCUT2D eigenvalue weighted by molar-refractivity contribution is 0.0685. The zero-order valence-electron chi connectivity index (χ0n) is 23.0. The minimum absolute atomic E-state index is 0.0763. The molecule has 0 radical (unpaired) electrons. The first kappa shape index (κ1) is 26.5. The maximum absolute atomic E-state index is 14.9. The maximum atomic E-state index is 14.9. The van der Waals surface area contributed by atoms with Crippen LogP contribution in [0.25, 0.3) is 0 Å². The van der Waals surface area contributed by atoms with Crippen molar-refractivity contribution in [2.45, 2.75) is 97.5 Å². The van der Waals surface area contributed by atoms with Crippen molar-refractivity contribution in [2.24, 2.45) is 53.3 Å². The molecule has 2 saturated carbocycles. The molecule has 0 aromatic carbocycles. The van der Waals surface area contributed by atoms with Gasteiger partial charge in [0.25, 0.3) is 0 Å². The summed E-state index contributed by atoms with van der Waals surface area (Å²) in [6, 6.07) is 0. The molecule has 1 unspecified atom stereocenters. The first-order chi connectivity index (χ1) is 17.1. The lowest BCUT2D eigenvalue weighted by Crippen LogP contribution is -2.33. The van der Waals surface area contributed by atoms with Crippen molar-refractivity contribution in [3.8, 4) is 0 Å². The third-order valence-electron chi connectivity index (χ3n) is 10.6. The van der Waals surface area contributed by atoms with Crippen LogP contribution in [0.3, 0.4) is 0 Å². The summed E-state index contributed by atoms with van der Waals surface area (Å²) in [5.74, 6) is 6.91. The van der Waals surface area contributed by atoms with Crippen molar-refractivity contribution in [3.63, 3.8) is 0 Å². The van der Waals surface area contributed by atoms with Gasteiger partial charge in [-0.15, -0.1) is 0 Å². The number of halogens is 1. The number of allylic oxidation sites excluding steroid dienone is 5. The van der Waals surface area contributed by atoms with Crippen molar-refractivity contribution >= 4 is 0 Å². The van der Waals surface area contributed by atoms with E-state index in [4.69, 9.17) is 4.74 Å². The van der Waals surface area contributed by atoms with Crippen LogP contribution >= 0.6 is 0 Å². The second-order valence-electron chi connectivity index (χ2n) is 13.8. The number of hydrogen-bond acceptors (Lipinski definition) is 3. The molecule has 0 bridgehead atoms. The van der Waals surface area contributed by atoms with E-state index in [1.54, 1.807) is 5.57 Å². The van der Waals surface area contributed by atoms with Crippen molar-refractivity contribution in [3.05, 3.63) is 34.9 Å². The molecule has 0 spiro atoms. The third-order valence-corrected chi connectivity index (χ3v) is 10.6. The van der Waals surface area contributed by atoms with Gasteiger partial charge in [-0.2, -0.15) is 0 Å². The van der Waals surface area contributed by atoms with Crippen molar-refractivity contribution in [2.75, 3.05) is 13.2 Å². The lowest BCUT2D eigenvalue weighted by atomic mass is 9.64. The molecule has 0 heterocycles. The molecular weight excluding hydrogens is 451 g/mol. The Morgan fingerprint density at radius 3 is 2.61 bits per heavy atom. The molecule has 0 amide bonds. The SMILES string of the molecule is C[C@@H]1C=C(CCCC(C)(C)O)C[C@H](C)C1[C@H]1CCC(F)=C(COC2=CC[C@H]3[C@@H](C2)C[C@H]2[C@H](CO)[C@@H]32)C1. The van der Waals surface area contributed by atoms with Gasteiger partial charge in [0.2, 0.25) is 0 Å². The van der Waals surface area contributed by atoms with Crippen LogP contribution in [0.2, 0.25) is 0 Å². The zero-order chi connectivity index (χ0) is 25.6. The smallest absolute Gasteiger partial charge is 0.112 e. The van der Waals surface area contributed by atoms with Gasteiger partial charge in [-0.05, 0) is 137 Å². The van der Waals surface area contributed by atoms with E-state index >= 15 is 0 Å². The topological polar surface area (TPSA) is 49.7 Å². The van der Waals surface area contributed by atoms with Gasteiger partial charge in [-0.25, -0.2) is 4.39 Å². The first-order valence-electron chi connectivity index (χ1n) is 14.9. The molecular formula is C32H49FO3. The van der Waals surface area contributed by atoms with Crippen LogP contribution in [0.1, 0.15) is 91.9 Å². The summed E-state index contributed by atoms with van der Waals surface area (Å²) in [7, 11) is 0. The number of hydrogen-bond donors (Lipinski definition) is 2. The molecule has 5 rings (SSSR count). The minimum Gasteiger partial charge on any atom is -0.494 e. The van der Waals surface area contributed by atoms with E-state index in [-0.39, 0.29) is 5.83 Å². The molecule has 0 aromatic rings. The van der Waals surface area contributed by atoms with Gasteiger partial charge in [0, 0.05) is 13.0 Å². The van der Waals surface area contributed by atoms with Gasteiger partial charge in [0.05, 0.1) is 11.4 Å². The van der Waals surface area contributed by atoms with Gasteiger partial charge < -0.3 is 14.9 Å². The van der Waals surface area contributed by atoms with Crippen LogP contribution < -0.4 is 0 Å². The maximum Gasteiger partial charge on any atom is 0.112 e. The van der Waals surface area contributed by atoms with Gasteiger partial charge in [-0.1, -0.05) is 25.5 Å². The Labute approximate surface area is 218 Å².